The molecule has 8 nitrogen and oxygen atoms in total. The lowest BCUT2D eigenvalue weighted by Gasteiger charge is -2.26. The second-order valence-electron chi connectivity index (χ2n) is 11.0. The highest BCUT2D eigenvalue weighted by Gasteiger charge is 2.28. The van der Waals surface area contributed by atoms with Crippen LogP contribution in [0.5, 0.6) is 0 Å². The maximum Gasteiger partial charge on any atom is 0.160 e. The first-order valence-electron chi connectivity index (χ1n) is 14.3. The van der Waals surface area contributed by atoms with Gasteiger partial charge in [0.1, 0.15) is 23.0 Å². The molecular weight excluding hydrogens is 474 g/mol. The molecule has 2 aliphatic rings. The number of hydrogen-bond acceptors (Lipinski definition) is 7. The van der Waals surface area contributed by atoms with Crippen molar-refractivity contribution in [3.8, 4) is 11.4 Å². The summed E-state index contributed by atoms with van der Waals surface area (Å²) >= 11 is 0. The van der Waals surface area contributed by atoms with Gasteiger partial charge in [-0.3, -0.25) is 0 Å². The number of fused-ring (bicyclic) bond motifs is 2. The number of rotatable bonds is 11. The van der Waals surface area contributed by atoms with Crippen molar-refractivity contribution in [3.05, 3.63) is 42.1 Å². The SMILES string of the molecule is CCCC(CCC1CC1)Nc1cc(N2CCC[C@H]2COC)nc2cc(-c3nc4ccccc4nc3C)nn12. The summed E-state index contributed by atoms with van der Waals surface area (Å²) in [5.74, 6) is 2.92. The molecule has 1 unspecified atom stereocenters. The van der Waals surface area contributed by atoms with Gasteiger partial charge in [0.05, 0.1) is 29.4 Å². The molecular formula is C30H39N7O. The Kier molecular flexibility index (Phi) is 7.15. The van der Waals surface area contributed by atoms with Crippen molar-refractivity contribution in [1.29, 1.82) is 0 Å². The number of nitrogens with zero attached hydrogens (tertiary/aromatic N) is 6. The number of aryl methyl sites for hydroxylation is 1. The number of hydrogen-bond donors (Lipinski definition) is 1. The molecule has 200 valence electrons. The quantitative estimate of drug-likeness (QED) is 0.262. The molecule has 1 aliphatic carbocycles. The van der Waals surface area contributed by atoms with Crippen LogP contribution in [0.15, 0.2) is 36.4 Å². The Labute approximate surface area is 224 Å². The van der Waals surface area contributed by atoms with Gasteiger partial charge < -0.3 is 15.0 Å². The van der Waals surface area contributed by atoms with Crippen LogP contribution < -0.4 is 10.2 Å². The average molecular weight is 514 g/mol. The third kappa shape index (κ3) is 5.19. The molecule has 1 N–H and O–H groups in total. The number of anilines is 2. The molecule has 4 heterocycles. The van der Waals surface area contributed by atoms with Crippen LogP contribution in [-0.2, 0) is 4.74 Å². The van der Waals surface area contributed by atoms with Crippen molar-refractivity contribution in [2.75, 3.05) is 30.5 Å². The van der Waals surface area contributed by atoms with Crippen LogP contribution in [0, 0.1) is 12.8 Å². The van der Waals surface area contributed by atoms with E-state index in [1.807, 2.05) is 35.7 Å². The molecule has 1 saturated carbocycles. The Morgan fingerprint density at radius 3 is 2.63 bits per heavy atom. The van der Waals surface area contributed by atoms with Gasteiger partial charge in [0, 0.05) is 31.8 Å². The standard InChI is InChI=1S/C30H39N7O/c1-4-8-22(15-14-21-12-13-21)32-29-18-27(36-16-7-9-23(36)19-38-3)34-28-17-26(35-37(28)29)30-20(2)31-24-10-5-6-11-25(24)33-30/h5-6,10-11,17-18,21-23,32H,4,7-9,12-16,19H2,1-3H3/t22?,23-/m0/s1. The van der Waals surface area contributed by atoms with Gasteiger partial charge in [-0.2, -0.15) is 9.61 Å². The van der Waals surface area contributed by atoms with Crippen LogP contribution in [0.2, 0.25) is 0 Å². The van der Waals surface area contributed by atoms with Crippen molar-refractivity contribution in [3.63, 3.8) is 0 Å². The van der Waals surface area contributed by atoms with E-state index < -0.39 is 0 Å². The summed E-state index contributed by atoms with van der Waals surface area (Å²) in [5, 5.41) is 8.93. The fourth-order valence-corrected chi connectivity index (χ4v) is 5.85. The number of benzene rings is 1. The third-order valence-corrected chi connectivity index (χ3v) is 8.04. The molecule has 0 radical (unpaired) electrons. The topological polar surface area (TPSA) is 80.5 Å². The average Bonchev–Trinajstić information content (AvgIpc) is 3.46. The first kappa shape index (κ1) is 25.0. The summed E-state index contributed by atoms with van der Waals surface area (Å²) in [6.45, 7) is 5.98. The molecule has 1 aliphatic heterocycles. The van der Waals surface area contributed by atoms with Gasteiger partial charge >= 0.3 is 0 Å². The molecule has 38 heavy (non-hydrogen) atoms. The summed E-state index contributed by atoms with van der Waals surface area (Å²) < 4.78 is 7.51. The zero-order valence-corrected chi connectivity index (χ0v) is 22.9. The van der Waals surface area contributed by atoms with Crippen molar-refractivity contribution in [2.45, 2.75) is 77.3 Å². The lowest BCUT2D eigenvalue weighted by molar-refractivity contribution is 0.180. The van der Waals surface area contributed by atoms with E-state index in [0.717, 1.165) is 83.5 Å². The summed E-state index contributed by atoms with van der Waals surface area (Å²) in [6, 6.07) is 13.0. The molecule has 1 aromatic carbocycles. The minimum atomic E-state index is 0.347. The zero-order chi connectivity index (χ0) is 26.1. The predicted molar refractivity (Wildman–Crippen MR) is 153 cm³/mol. The monoisotopic (exact) mass is 513 g/mol. The fraction of sp³-hybridized carbons (Fsp3) is 0.533. The maximum atomic E-state index is 5.54. The van der Waals surface area contributed by atoms with E-state index >= 15 is 0 Å². The van der Waals surface area contributed by atoms with Crippen LogP contribution in [0.4, 0.5) is 11.6 Å². The normalized spacial score (nSPS) is 18.5. The molecule has 6 rings (SSSR count). The highest BCUT2D eigenvalue weighted by atomic mass is 16.5. The highest BCUT2D eigenvalue weighted by Crippen LogP contribution is 2.35. The van der Waals surface area contributed by atoms with Crippen molar-refractivity contribution in [2.24, 2.45) is 5.92 Å². The lowest BCUT2D eigenvalue weighted by atomic mass is 10.0. The second-order valence-corrected chi connectivity index (χ2v) is 11.0. The van der Waals surface area contributed by atoms with Gasteiger partial charge in [0.25, 0.3) is 0 Å². The Bertz CT molecular complexity index is 1410. The van der Waals surface area contributed by atoms with Gasteiger partial charge in [0.2, 0.25) is 0 Å². The molecule has 2 atom stereocenters. The van der Waals surface area contributed by atoms with E-state index in [-0.39, 0.29) is 0 Å². The van der Waals surface area contributed by atoms with E-state index in [2.05, 4.69) is 29.3 Å². The second kappa shape index (κ2) is 10.8. The van der Waals surface area contributed by atoms with Crippen LogP contribution >= 0.6 is 0 Å². The Morgan fingerprint density at radius 2 is 1.87 bits per heavy atom. The molecule has 2 fully saturated rings. The number of methoxy groups -OCH3 is 1. The maximum absolute atomic E-state index is 5.54. The number of ether oxygens (including phenoxy) is 1. The smallest absolute Gasteiger partial charge is 0.160 e. The molecule has 3 aromatic heterocycles. The summed E-state index contributed by atoms with van der Waals surface area (Å²) in [7, 11) is 1.78. The van der Waals surface area contributed by atoms with E-state index in [4.69, 9.17) is 24.8 Å². The Morgan fingerprint density at radius 1 is 1.05 bits per heavy atom. The summed E-state index contributed by atoms with van der Waals surface area (Å²) in [6.07, 6.45) is 9.86. The minimum absolute atomic E-state index is 0.347. The summed E-state index contributed by atoms with van der Waals surface area (Å²) in [4.78, 5) is 17.3. The molecule has 0 spiro atoms. The van der Waals surface area contributed by atoms with Gasteiger partial charge in [-0.15, -0.1) is 0 Å². The van der Waals surface area contributed by atoms with Gasteiger partial charge in [-0.25, -0.2) is 15.0 Å². The fourth-order valence-electron chi connectivity index (χ4n) is 5.85. The first-order valence-corrected chi connectivity index (χ1v) is 14.3. The van der Waals surface area contributed by atoms with Crippen LogP contribution in [-0.4, -0.2) is 56.9 Å². The van der Waals surface area contributed by atoms with E-state index in [1.165, 1.54) is 25.7 Å². The van der Waals surface area contributed by atoms with Crippen molar-refractivity contribution in [1.82, 2.24) is 24.6 Å². The third-order valence-electron chi connectivity index (χ3n) is 8.04. The Balaban J connectivity index is 1.42. The molecule has 0 bridgehead atoms. The van der Waals surface area contributed by atoms with E-state index in [9.17, 15) is 0 Å². The number of nitrogens with one attached hydrogen (secondary N) is 1. The zero-order valence-electron chi connectivity index (χ0n) is 22.9. The predicted octanol–water partition coefficient (Wildman–Crippen LogP) is 6.03. The minimum Gasteiger partial charge on any atom is -0.383 e. The van der Waals surface area contributed by atoms with E-state index in [1.54, 1.807) is 7.11 Å². The molecule has 1 saturated heterocycles. The number of para-hydroxylation sites is 2. The van der Waals surface area contributed by atoms with E-state index in [0.29, 0.717) is 18.7 Å². The largest absolute Gasteiger partial charge is 0.383 e. The van der Waals surface area contributed by atoms with Crippen LogP contribution in [0.25, 0.3) is 28.1 Å². The lowest BCUT2D eigenvalue weighted by Crippen LogP contribution is -2.33. The Hall–Kier alpha value is -3.26. The van der Waals surface area contributed by atoms with Gasteiger partial charge in [-0.05, 0) is 57.1 Å². The molecule has 8 heteroatoms. The first-order chi connectivity index (χ1) is 18.6. The van der Waals surface area contributed by atoms with Gasteiger partial charge in [-0.1, -0.05) is 38.3 Å². The number of aromatic nitrogens is 5. The van der Waals surface area contributed by atoms with Gasteiger partial charge in [0.15, 0.2) is 5.65 Å². The molecule has 0 amide bonds. The highest BCUT2D eigenvalue weighted by molar-refractivity contribution is 5.78. The van der Waals surface area contributed by atoms with Crippen molar-refractivity contribution < 1.29 is 4.74 Å². The summed E-state index contributed by atoms with van der Waals surface area (Å²) in [5.41, 5.74) is 5.08. The van der Waals surface area contributed by atoms with Crippen LogP contribution in [0.1, 0.15) is 64.0 Å². The van der Waals surface area contributed by atoms with Crippen molar-refractivity contribution >= 4 is 28.3 Å². The van der Waals surface area contributed by atoms with Crippen LogP contribution in [0.3, 0.4) is 0 Å². The molecule has 4 aromatic rings.